The summed E-state index contributed by atoms with van der Waals surface area (Å²) in [5.41, 5.74) is 1.70. The highest BCUT2D eigenvalue weighted by Crippen LogP contribution is 2.23. The molecule has 1 N–H and O–H groups in total. The van der Waals surface area contributed by atoms with E-state index < -0.39 is 0 Å². The van der Waals surface area contributed by atoms with Crippen LogP contribution >= 0.6 is 11.3 Å². The third-order valence-corrected chi connectivity index (χ3v) is 5.94. The summed E-state index contributed by atoms with van der Waals surface area (Å²) in [4.78, 5) is 20.9. The number of anilines is 2. The summed E-state index contributed by atoms with van der Waals surface area (Å²) in [5, 5.41) is 17.0. The Kier molecular flexibility index (Phi) is 6.18. The van der Waals surface area contributed by atoms with E-state index in [9.17, 15) is 4.79 Å². The number of carbonyl (C=O) groups excluding carboxylic acids is 1. The number of nitrogens with zero attached hydrogens (tertiary/aromatic N) is 6. The van der Waals surface area contributed by atoms with Crippen LogP contribution in [0.15, 0.2) is 66.2 Å². The first kappa shape index (κ1) is 21.0. The average Bonchev–Trinajstić information content (AvgIpc) is 3.56. The van der Waals surface area contributed by atoms with Crippen LogP contribution in [0.3, 0.4) is 0 Å². The van der Waals surface area contributed by atoms with Gasteiger partial charge in [0.1, 0.15) is 11.5 Å². The van der Waals surface area contributed by atoms with E-state index in [0.717, 1.165) is 29.3 Å². The van der Waals surface area contributed by atoms with Crippen LogP contribution in [-0.4, -0.2) is 57.4 Å². The first-order valence-electron chi connectivity index (χ1n) is 10.5. The van der Waals surface area contributed by atoms with Crippen LogP contribution < -0.4 is 10.2 Å². The number of nitrogens with one attached hydrogen (secondary N) is 1. The molecule has 1 fully saturated rings. The van der Waals surface area contributed by atoms with E-state index >= 15 is 0 Å². The topological polar surface area (TPSA) is 98.1 Å². The minimum Gasteiger partial charge on any atom is -0.378 e. The quantitative estimate of drug-likeness (QED) is 0.442. The highest BCUT2D eigenvalue weighted by Gasteiger charge is 2.20. The predicted octanol–water partition coefficient (Wildman–Crippen LogP) is 3.27. The maximum atomic E-state index is 13.4. The van der Waals surface area contributed by atoms with Gasteiger partial charge in [0.2, 0.25) is 0 Å². The second-order valence-electron chi connectivity index (χ2n) is 7.28. The number of rotatable bonds is 6. The van der Waals surface area contributed by atoms with Crippen LogP contribution in [0.5, 0.6) is 0 Å². The molecule has 0 radical (unpaired) electrons. The van der Waals surface area contributed by atoms with Crippen molar-refractivity contribution in [2.24, 2.45) is 0 Å². The second-order valence-corrected chi connectivity index (χ2v) is 8.26. The van der Waals surface area contributed by atoms with E-state index in [4.69, 9.17) is 4.74 Å². The molecule has 33 heavy (non-hydrogen) atoms. The third-order valence-electron chi connectivity index (χ3n) is 5.13. The molecule has 1 aliphatic rings. The van der Waals surface area contributed by atoms with Gasteiger partial charge in [-0.15, -0.1) is 16.4 Å². The molecular formula is C23H21N7O2S. The maximum Gasteiger partial charge on any atom is 0.274 e. The number of morpholine rings is 1. The molecule has 0 bridgehead atoms. The highest BCUT2D eigenvalue weighted by atomic mass is 32.1. The number of pyridine rings is 1. The molecule has 1 amide bonds. The zero-order valence-electron chi connectivity index (χ0n) is 17.7. The van der Waals surface area contributed by atoms with Crippen LogP contribution in [0, 0.1) is 0 Å². The lowest BCUT2D eigenvalue weighted by Gasteiger charge is -2.27. The summed E-state index contributed by atoms with van der Waals surface area (Å²) in [6.45, 7) is 2.97. The molecule has 0 atom stereocenters. The van der Waals surface area contributed by atoms with Crippen molar-refractivity contribution in [3.05, 3.63) is 71.1 Å². The van der Waals surface area contributed by atoms with Gasteiger partial charge in [0, 0.05) is 23.5 Å². The van der Waals surface area contributed by atoms with Gasteiger partial charge < -0.3 is 15.0 Å². The Bertz CT molecular complexity index is 1230. The van der Waals surface area contributed by atoms with Gasteiger partial charge in [0.25, 0.3) is 5.91 Å². The van der Waals surface area contributed by atoms with Crippen molar-refractivity contribution in [1.82, 2.24) is 25.2 Å². The van der Waals surface area contributed by atoms with Crippen LogP contribution in [0.4, 0.5) is 11.5 Å². The molecule has 4 aromatic rings. The number of tetrazole rings is 1. The molecule has 4 heterocycles. The Balaban J connectivity index is 1.42. The molecule has 0 spiro atoms. The van der Waals surface area contributed by atoms with E-state index in [-0.39, 0.29) is 5.91 Å². The Morgan fingerprint density at radius 1 is 1.06 bits per heavy atom. The number of benzene rings is 1. The molecule has 9 nitrogen and oxygen atoms in total. The molecule has 1 aromatic carbocycles. The van der Waals surface area contributed by atoms with Gasteiger partial charge in [-0.25, -0.2) is 4.98 Å². The van der Waals surface area contributed by atoms with Crippen molar-refractivity contribution < 1.29 is 9.53 Å². The van der Waals surface area contributed by atoms with Gasteiger partial charge in [-0.3, -0.25) is 4.79 Å². The van der Waals surface area contributed by atoms with Crippen molar-refractivity contribution in [3.63, 3.8) is 0 Å². The lowest BCUT2D eigenvalue weighted by atomic mass is 10.2. The third kappa shape index (κ3) is 4.81. The smallest absolute Gasteiger partial charge is 0.274 e. The van der Waals surface area contributed by atoms with Crippen LogP contribution in [0.1, 0.15) is 4.88 Å². The number of carbonyl (C=O) groups is 1. The monoisotopic (exact) mass is 459 g/mol. The molecule has 3 aromatic heterocycles. The maximum absolute atomic E-state index is 13.4. The summed E-state index contributed by atoms with van der Waals surface area (Å²) >= 11 is 1.53. The molecule has 5 rings (SSSR count). The van der Waals surface area contributed by atoms with Gasteiger partial charge in [0.05, 0.1) is 25.1 Å². The molecule has 166 valence electrons. The van der Waals surface area contributed by atoms with Crippen molar-refractivity contribution in [2.45, 2.75) is 0 Å². The standard InChI is InChI=1S/C23H21N7O2S/c31-23(25-18-8-9-21(24-16-18)29-10-12-32-13-11-29)20(15-19-7-4-14-33-19)30-22(26-27-28-30)17-5-2-1-3-6-17/h1-9,14-16H,10-13H2,(H,25,31)/b20-15+. The van der Waals surface area contributed by atoms with Gasteiger partial charge in [-0.2, -0.15) is 4.68 Å². The fourth-order valence-corrected chi connectivity index (χ4v) is 4.13. The summed E-state index contributed by atoms with van der Waals surface area (Å²) in [6, 6.07) is 17.1. The Morgan fingerprint density at radius 3 is 2.64 bits per heavy atom. The summed E-state index contributed by atoms with van der Waals surface area (Å²) in [6.07, 6.45) is 3.43. The van der Waals surface area contributed by atoms with Crippen molar-refractivity contribution in [1.29, 1.82) is 0 Å². The zero-order valence-corrected chi connectivity index (χ0v) is 18.5. The Hall–Kier alpha value is -3.89. The number of aromatic nitrogens is 5. The number of ether oxygens (including phenoxy) is 1. The molecule has 0 saturated carbocycles. The van der Waals surface area contributed by atoms with Crippen molar-refractivity contribution in [3.8, 4) is 11.4 Å². The number of hydrogen-bond donors (Lipinski definition) is 1. The first-order chi connectivity index (χ1) is 16.3. The summed E-state index contributed by atoms with van der Waals surface area (Å²) < 4.78 is 6.85. The lowest BCUT2D eigenvalue weighted by molar-refractivity contribution is -0.111. The van der Waals surface area contributed by atoms with Gasteiger partial charge >= 0.3 is 0 Å². The van der Waals surface area contributed by atoms with Crippen LogP contribution in [0.25, 0.3) is 23.2 Å². The average molecular weight is 460 g/mol. The fourth-order valence-electron chi connectivity index (χ4n) is 3.48. The van der Waals surface area contributed by atoms with Gasteiger partial charge in [-0.05, 0) is 40.1 Å². The van der Waals surface area contributed by atoms with Crippen molar-refractivity contribution >= 4 is 40.5 Å². The first-order valence-corrected chi connectivity index (χ1v) is 11.4. The molecular weight excluding hydrogens is 438 g/mol. The number of thiophene rings is 1. The van der Waals surface area contributed by atoms with E-state index in [1.165, 1.54) is 16.0 Å². The Morgan fingerprint density at radius 2 is 1.91 bits per heavy atom. The van der Waals surface area contributed by atoms with Crippen LogP contribution in [-0.2, 0) is 9.53 Å². The summed E-state index contributed by atoms with van der Waals surface area (Å²) in [7, 11) is 0. The molecule has 1 aliphatic heterocycles. The van der Waals surface area contributed by atoms with E-state index in [1.54, 1.807) is 12.3 Å². The largest absolute Gasteiger partial charge is 0.378 e. The molecule has 0 unspecified atom stereocenters. The normalized spacial score (nSPS) is 14.3. The van der Waals surface area contributed by atoms with E-state index in [2.05, 4.69) is 30.7 Å². The predicted molar refractivity (Wildman–Crippen MR) is 128 cm³/mol. The molecule has 10 heteroatoms. The minimum atomic E-state index is -0.339. The SMILES string of the molecule is O=C(Nc1ccc(N2CCOCC2)nc1)/C(=C\c1cccs1)n1nnnc1-c1ccccc1. The highest BCUT2D eigenvalue weighted by molar-refractivity contribution is 7.10. The van der Waals surface area contributed by atoms with E-state index in [0.29, 0.717) is 30.4 Å². The zero-order chi connectivity index (χ0) is 22.5. The Labute approximate surface area is 194 Å². The van der Waals surface area contributed by atoms with E-state index in [1.807, 2.05) is 60.0 Å². The minimum absolute atomic E-state index is 0.304. The lowest BCUT2D eigenvalue weighted by Crippen LogP contribution is -2.36. The molecule has 0 aliphatic carbocycles. The summed E-state index contributed by atoms with van der Waals surface area (Å²) in [5.74, 6) is 1.00. The van der Waals surface area contributed by atoms with Gasteiger partial charge in [0.15, 0.2) is 5.82 Å². The van der Waals surface area contributed by atoms with Gasteiger partial charge in [-0.1, -0.05) is 36.4 Å². The number of amides is 1. The number of hydrogen-bond acceptors (Lipinski definition) is 8. The second kappa shape index (κ2) is 9.72. The fraction of sp³-hybridized carbons (Fsp3) is 0.174. The van der Waals surface area contributed by atoms with Crippen LogP contribution in [0.2, 0.25) is 0 Å². The van der Waals surface area contributed by atoms with Crippen molar-refractivity contribution in [2.75, 3.05) is 36.5 Å². The molecule has 1 saturated heterocycles.